The molecule has 0 radical (unpaired) electrons. The van der Waals surface area contributed by atoms with Gasteiger partial charge in [0, 0.05) is 16.9 Å². The SMILES string of the molecule is Cc1noc(C)c1-c1c(/C(N)=N/O)c2c(n1-c1ccc(O)cc1)CCCC2. The first-order valence-corrected chi connectivity index (χ1v) is 9.00. The second kappa shape index (κ2) is 6.50. The van der Waals surface area contributed by atoms with Gasteiger partial charge >= 0.3 is 0 Å². The molecule has 2 aromatic heterocycles. The third-order valence-electron chi connectivity index (χ3n) is 5.21. The van der Waals surface area contributed by atoms with Crippen LogP contribution in [0.3, 0.4) is 0 Å². The van der Waals surface area contributed by atoms with E-state index in [-0.39, 0.29) is 11.6 Å². The molecule has 7 heteroatoms. The highest BCUT2D eigenvalue weighted by molar-refractivity contribution is 6.05. The van der Waals surface area contributed by atoms with Crippen LogP contribution in [-0.4, -0.2) is 25.9 Å². The smallest absolute Gasteiger partial charge is 0.172 e. The minimum Gasteiger partial charge on any atom is -0.508 e. The zero-order valence-corrected chi connectivity index (χ0v) is 15.4. The molecular formula is C20H22N4O3. The van der Waals surface area contributed by atoms with Crippen LogP contribution in [0.4, 0.5) is 0 Å². The van der Waals surface area contributed by atoms with Crippen molar-refractivity contribution in [1.82, 2.24) is 9.72 Å². The Morgan fingerprint density at radius 3 is 2.52 bits per heavy atom. The van der Waals surface area contributed by atoms with Gasteiger partial charge in [-0.05, 0) is 69.4 Å². The van der Waals surface area contributed by atoms with Crippen LogP contribution in [0.1, 0.15) is 41.1 Å². The van der Waals surface area contributed by atoms with Crippen LogP contribution in [0.5, 0.6) is 5.75 Å². The van der Waals surface area contributed by atoms with Gasteiger partial charge in [-0.25, -0.2) is 0 Å². The van der Waals surface area contributed by atoms with Crippen LogP contribution in [0.15, 0.2) is 33.9 Å². The average molecular weight is 366 g/mol. The highest BCUT2D eigenvalue weighted by atomic mass is 16.5. The molecule has 4 rings (SSSR count). The number of nitrogens with two attached hydrogens (primary N) is 1. The summed E-state index contributed by atoms with van der Waals surface area (Å²) in [5.41, 5.74) is 12.4. The molecule has 0 spiro atoms. The number of oxime groups is 1. The van der Waals surface area contributed by atoms with E-state index in [1.165, 1.54) is 0 Å². The van der Waals surface area contributed by atoms with E-state index >= 15 is 0 Å². The van der Waals surface area contributed by atoms with E-state index < -0.39 is 0 Å². The van der Waals surface area contributed by atoms with Gasteiger partial charge in [0.05, 0.1) is 17.0 Å². The second-order valence-corrected chi connectivity index (χ2v) is 6.89. The van der Waals surface area contributed by atoms with E-state index in [1.807, 2.05) is 26.0 Å². The fourth-order valence-corrected chi connectivity index (χ4v) is 4.07. The van der Waals surface area contributed by atoms with Gasteiger partial charge in [-0.15, -0.1) is 0 Å². The lowest BCUT2D eigenvalue weighted by Crippen LogP contribution is -2.16. The average Bonchev–Trinajstić information content (AvgIpc) is 3.18. The molecule has 1 aliphatic rings. The van der Waals surface area contributed by atoms with E-state index in [0.717, 1.165) is 65.1 Å². The largest absolute Gasteiger partial charge is 0.508 e. The van der Waals surface area contributed by atoms with Gasteiger partial charge in [0.1, 0.15) is 11.5 Å². The first-order chi connectivity index (χ1) is 13.0. The number of aromatic nitrogens is 2. The number of hydrogen-bond donors (Lipinski definition) is 3. The molecule has 2 heterocycles. The summed E-state index contributed by atoms with van der Waals surface area (Å²) in [7, 11) is 0. The molecule has 1 aromatic carbocycles. The van der Waals surface area contributed by atoms with E-state index in [4.69, 9.17) is 10.3 Å². The van der Waals surface area contributed by atoms with Crippen molar-refractivity contribution in [3.05, 3.63) is 52.5 Å². The first-order valence-electron chi connectivity index (χ1n) is 9.00. The molecule has 7 nitrogen and oxygen atoms in total. The third kappa shape index (κ3) is 2.66. The molecule has 0 aliphatic heterocycles. The number of aryl methyl sites for hydroxylation is 2. The fraction of sp³-hybridized carbons (Fsp3) is 0.300. The molecule has 1 aliphatic carbocycles. The minimum atomic E-state index is 0.0840. The molecule has 4 N–H and O–H groups in total. The number of fused-ring (bicyclic) bond motifs is 1. The van der Waals surface area contributed by atoms with Crippen molar-refractivity contribution >= 4 is 5.84 Å². The second-order valence-electron chi connectivity index (χ2n) is 6.89. The predicted octanol–water partition coefficient (Wildman–Crippen LogP) is 3.43. The van der Waals surface area contributed by atoms with Gasteiger partial charge in [-0.2, -0.15) is 0 Å². The van der Waals surface area contributed by atoms with Crippen LogP contribution in [0.2, 0.25) is 0 Å². The number of aromatic hydroxyl groups is 1. The molecule has 3 aromatic rings. The highest BCUT2D eigenvalue weighted by Crippen LogP contribution is 2.40. The van der Waals surface area contributed by atoms with Crippen LogP contribution in [0, 0.1) is 13.8 Å². The lowest BCUT2D eigenvalue weighted by atomic mass is 9.93. The third-order valence-corrected chi connectivity index (χ3v) is 5.21. The summed E-state index contributed by atoms with van der Waals surface area (Å²) in [5, 5.41) is 26.6. The van der Waals surface area contributed by atoms with Gasteiger partial charge in [-0.3, -0.25) is 0 Å². The van der Waals surface area contributed by atoms with Crippen LogP contribution < -0.4 is 5.73 Å². The van der Waals surface area contributed by atoms with E-state index in [0.29, 0.717) is 5.76 Å². The van der Waals surface area contributed by atoms with E-state index in [9.17, 15) is 10.3 Å². The van der Waals surface area contributed by atoms with Crippen molar-refractivity contribution in [3.63, 3.8) is 0 Å². The van der Waals surface area contributed by atoms with Crippen LogP contribution in [-0.2, 0) is 12.8 Å². The molecule has 0 saturated carbocycles. The highest BCUT2D eigenvalue weighted by Gasteiger charge is 2.31. The number of phenols is 1. The number of benzene rings is 1. The molecule has 0 unspecified atom stereocenters. The molecule has 0 saturated heterocycles. The maximum Gasteiger partial charge on any atom is 0.172 e. The Bertz CT molecular complexity index is 1010. The number of nitrogens with zero attached hydrogens (tertiary/aromatic N) is 3. The molecule has 0 atom stereocenters. The molecule has 0 fully saturated rings. The summed E-state index contributed by atoms with van der Waals surface area (Å²) < 4.78 is 7.55. The lowest BCUT2D eigenvalue weighted by molar-refractivity contribution is 0.318. The number of hydrogen-bond acceptors (Lipinski definition) is 5. The molecular weight excluding hydrogens is 344 g/mol. The maximum absolute atomic E-state index is 9.71. The minimum absolute atomic E-state index is 0.0840. The Balaban J connectivity index is 2.14. The summed E-state index contributed by atoms with van der Waals surface area (Å²) in [5.74, 6) is 0.963. The summed E-state index contributed by atoms with van der Waals surface area (Å²) in [6, 6.07) is 7.04. The maximum atomic E-state index is 9.71. The van der Waals surface area contributed by atoms with E-state index in [2.05, 4.69) is 14.9 Å². The van der Waals surface area contributed by atoms with Crippen molar-refractivity contribution in [2.24, 2.45) is 10.9 Å². The predicted molar refractivity (Wildman–Crippen MR) is 102 cm³/mol. The van der Waals surface area contributed by atoms with Crippen molar-refractivity contribution < 1.29 is 14.8 Å². The number of rotatable bonds is 3. The standard InChI is InChI=1S/C20H22N4O3/c1-11-17(12(2)27-23-11)19-18(20(21)22-26)15-5-3-4-6-16(15)24(19)13-7-9-14(25)10-8-13/h7-10,25-26H,3-6H2,1-2H3,(H2,21,22). The van der Waals surface area contributed by atoms with Gasteiger partial charge in [-0.1, -0.05) is 10.3 Å². The zero-order chi connectivity index (χ0) is 19.1. The monoisotopic (exact) mass is 366 g/mol. The Morgan fingerprint density at radius 1 is 1.19 bits per heavy atom. The summed E-state index contributed by atoms with van der Waals surface area (Å²) >= 11 is 0. The van der Waals surface area contributed by atoms with Crippen molar-refractivity contribution in [1.29, 1.82) is 0 Å². The molecule has 0 bridgehead atoms. The Morgan fingerprint density at radius 2 is 1.89 bits per heavy atom. The summed E-state index contributed by atoms with van der Waals surface area (Å²) in [6.07, 6.45) is 3.89. The van der Waals surface area contributed by atoms with Crippen LogP contribution in [0.25, 0.3) is 16.9 Å². The van der Waals surface area contributed by atoms with E-state index in [1.54, 1.807) is 12.1 Å². The summed E-state index contributed by atoms with van der Waals surface area (Å²) in [4.78, 5) is 0. The number of phenolic OH excluding ortho intramolecular Hbond substituents is 1. The fourth-order valence-electron chi connectivity index (χ4n) is 4.07. The van der Waals surface area contributed by atoms with Crippen molar-refractivity contribution in [2.75, 3.05) is 0 Å². The van der Waals surface area contributed by atoms with Gasteiger partial charge < -0.3 is 25.1 Å². The Labute approximate surface area is 156 Å². The summed E-state index contributed by atoms with van der Waals surface area (Å²) in [6.45, 7) is 3.74. The van der Waals surface area contributed by atoms with Crippen molar-refractivity contribution in [3.8, 4) is 22.7 Å². The topological polar surface area (TPSA) is 110 Å². The van der Waals surface area contributed by atoms with Gasteiger partial charge in [0.2, 0.25) is 0 Å². The normalized spacial score (nSPS) is 14.4. The van der Waals surface area contributed by atoms with Gasteiger partial charge in [0.15, 0.2) is 5.84 Å². The van der Waals surface area contributed by atoms with Crippen molar-refractivity contribution in [2.45, 2.75) is 39.5 Å². The van der Waals surface area contributed by atoms with Gasteiger partial charge in [0.25, 0.3) is 0 Å². The Kier molecular flexibility index (Phi) is 4.14. The molecule has 140 valence electrons. The lowest BCUT2D eigenvalue weighted by Gasteiger charge is -2.17. The molecule has 27 heavy (non-hydrogen) atoms. The Hall–Kier alpha value is -3.22. The number of amidine groups is 1. The molecule has 0 amide bonds. The first kappa shape index (κ1) is 17.2. The zero-order valence-electron chi connectivity index (χ0n) is 15.4. The quantitative estimate of drug-likeness (QED) is 0.285. The van der Waals surface area contributed by atoms with Crippen LogP contribution >= 0.6 is 0 Å².